The molecular formula is C17H25NO4. The van der Waals surface area contributed by atoms with Crippen LogP contribution >= 0.6 is 0 Å². The fourth-order valence-electron chi connectivity index (χ4n) is 2.79. The highest BCUT2D eigenvalue weighted by molar-refractivity contribution is 5.73. The van der Waals surface area contributed by atoms with Crippen molar-refractivity contribution in [3.05, 3.63) is 23.8 Å². The van der Waals surface area contributed by atoms with E-state index in [1.54, 1.807) is 7.11 Å². The van der Waals surface area contributed by atoms with E-state index in [1.165, 1.54) is 0 Å². The maximum Gasteiger partial charge on any atom is 0.320 e. The van der Waals surface area contributed by atoms with Gasteiger partial charge < -0.3 is 14.6 Å². The molecule has 1 atom stereocenters. The third-order valence-corrected chi connectivity index (χ3v) is 4.02. The van der Waals surface area contributed by atoms with Crippen molar-refractivity contribution in [1.82, 2.24) is 4.90 Å². The van der Waals surface area contributed by atoms with Crippen molar-refractivity contribution in [2.45, 2.75) is 45.2 Å². The first-order valence-corrected chi connectivity index (χ1v) is 7.92. The van der Waals surface area contributed by atoms with E-state index in [4.69, 9.17) is 9.47 Å². The number of hydrogen-bond acceptors (Lipinski definition) is 4. The standard InChI is InChI=1S/C17H25NO4/c1-3-4-10-22-15-8-7-13(11-16(15)21-2)12-18-9-5-6-14(18)17(19)20/h7-8,11,14H,3-6,9-10,12H2,1-2H3,(H,19,20). The van der Waals surface area contributed by atoms with Crippen molar-refractivity contribution < 1.29 is 19.4 Å². The SMILES string of the molecule is CCCCOc1ccc(CN2CCCC2C(=O)O)cc1OC. The van der Waals surface area contributed by atoms with Gasteiger partial charge in [0, 0.05) is 6.54 Å². The minimum absolute atomic E-state index is 0.369. The Kier molecular flexibility index (Phi) is 6.07. The summed E-state index contributed by atoms with van der Waals surface area (Å²) in [7, 11) is 1.63. The molecule has 122 valence electrons. The second-order valence-corrected chi connectivity index (χ2v) is 5.65. The summed E-state index contributed by atoms with van der Waals surface area (Å²) < 4.78 is 11.1. The third-order valence-electron chi connectivity index (χ3n) is 4.02. The number of carbonyl (C=O) groups is 1. The molecule has 22 heavy (non-hydrogen) atoms. The van der Waals surface area contributed by atoms with Gasteiger partial charge in [-0.25, -0.2) is 0 Å². The van der Waals surface area contributed by atoms with E-state index < -0.39 is 5.97 Å². The van der Waals surface area contributed by atoms with Gasteiger partial charge in [0.1, 0.15) is 6.04 Å². The van der Waals surface area contributed by atoms with Crippen LogP contribution in [0.25, 0.3) is 0 Å². The minimum Gasteiger partial charge on any atom is -0.493 e. The van der Waals surface area contributed by atoms with E-state index in [0.29, 0.717) is 18.9 Å². The highest BCUT2D eigenvalue weighted by Gasteiger charge is 2.30. The van der Waals surface area contributed by atoms with Crippen LogP contribution in [0.1, 0.15) is 38.2 Å². The molecule has 0 spiro atoms. The Morgan fingerprint density at radius 2 is 2.23 bits per heavy atom. The zero-order valence-electron chi connectivity index (χ0n) is 13.4. The van der Waals surface area contributed by atoms with Crippen molar-refractivity contribution in [2.75, 3.05) is 20.3 Å². The maximum absolute atomic E-state index is 11.2. The molecule has 0 aromatic heterocycles. The lowest BCUT2D eigenvalue weighted by Gasteiger charge is -2.21. The number of unbranched alkanes of at least 4 members (excludes halogenated alkanes) is 1. The van der Waals surface area contributed by atoms with Gasteiger partial charge in [-0.1, -0.05) is 19.4 Å². The highest BCUT2D eigenvalue weighted by Crippen LogP contribution is 2.30. The van der Waals surface area contributed by atoms with Crippen LogP contribution in [-0.4, -0.2) is 42.3 Å². The van der Waals surface area contributed by atoms with Gasteiger partial charge >= 0.3 is 5.97 Å². The summed E-state index contributed by atoms with van der Waals surface area (Å²) in [6.45, 7) is 4.26. The molecule has 0 aliphatic carbocycles. The molecule has 1 aromatic rings. The van der Waals surface area contributed by atoms with Gasteiger partial charge in [-0.05, 0) is 43.5 Å². The van der Waals surface area contributed by atoms with E-state index in [-0.39, 0.29) is 6.04 Å². The van der Waals surface area contributed by atoms with Crippen molar-refractivity contribution >= 4 is 5.97 Å². The summed E-state index contributed by atoms with van der Waals surface area (Å²) in [5, 5.41) is 9.24. The molecule has 0 amide bonds. The van der Waals surface area contributed by atoms with Crippen molar-refractivity contribution in [3.8, 4) is 11.5 Å². The smallest absolute Gasteiger partial charge is 0.320 e. The number of likely N-dealkylation sites (tertiary alicyclic amines) is 1. The number of rotatable bonds is 8. The average molecular weight is 307 g/mol. The molecule has 1 aliphatic heterocycles. The van der Waals surface area contributed by atoms with Gasteiger partial charge in [-0.15, -0.1) is 0 Å². The molecule has 5 heteroatoms. The fourth-order valence-corrected chi connectivity index (χ4v) is 2.79. The predicted molar refractivity (Wildman–Crippen MR) is 84.5 cm³/mol. The Labute approximate surface area is 131 Å². The average Bonchev–Trinajstić information content (AvgIpc) is 2.97. The van der Waals surface area contributed by atoms with Crippen LogP contribution in [0.3, 0.4) is 0 Å². The number of carboxylic acids is 1. The molecule has 1 fully saturated rings. The summed E-state index contributed by atoms with van der Waals surface area (Å²) >= 11 is 0. The van der Waals surface area contributed by atoms with E-state index in [9.17, 15) is 9.90 Å². The number of nitrogens with zero attached hydrogens (tertiary/aromatic N) is 1. The van der Waals surface area contributed by atoms with Crippen molar-refractivity contribution in [2.24, 2.45) is 0 Å². The van der Waals surface area contributed by atoms with E-state index in [0.717, 1.165) is 43.5 Å². The molecule has 2 rings (SSSR count). The van der Waals surface area contributed by atoms with Gasteiger partial charge in [0.25, 0.3) is 0 Å². The number of ether oxygens (including phenoxy) is 2. The lowest BCUT2D eigenvalue weighted by molar-refractivity contribution is -0.142. The first-order chi connectivity index (χ1) is 10.7. The Hall–Kier alpha value is -1.75. The normalized spacial score (nSPS) is 18.4. The number of hydrogen-bond donors (Lipinski definition) is 1. The van der Waals surface area contributed by atoms with Crippen LogP contribution in [0.15, 0.2) is 18.2 Å². The summed E-state index contributed by atoms with van der Waals surface area (Å²) in [4.78, 5) is 13.2. The molecule has 0 saturated carbocycles. The van der Waals surface area contributed by atoms with Gasteiger partial charge in [0.15, 0.2) is 11.5 Å². The lowest BCUT2D eigenvalue weighted by Crippen LogP contribution is -2.35. The van der Waals surface area contributed by atoms with Crippen LogP contribution in [0.4, 0.5) is 0 Å². The van der Waals surface area contributed by atoms with Gasteiger partial charge in [0.2, 0.25) is 0 Å². The van der Waals surface area contributed by atoms with Crippen LogP contribution in [0, 0.1) is 0 Å². The molecule has 1 N–H and O–H groups in total. The van der Waals surface area contributed by atoms with Crippen LogP contribution < -0.4 is 9.47 Å². The molecule has 1 aromatic carbocycles. The fraction of sp³-hybridized carbons (Fsp3) is 0.588. The summed E-state index contributed by atoms with van der Waals surface area (Å²) in [5.74, 6) is 0.722. The topological polar surface area (TPSA) is 59.0 Å². The number of benzene rings is 1. The van der Waals surface area contributed by atoms with Gasteiger partial charge in [-0.2, -0.15) is 0 Å². The van der Waals surface area contributed by atoms with Crippen LogP contribution in [0.5, 0.6) is 11.5 Å². The summed E-state index contributed by atoms with van der Waals surface area (Å²) in [5.41, 5.74) is 1.05. The number of methoxy groups -OCH3 is 1. The maximum atomic E-state index is 11.2. The van der Waals surface area contributed by atoms with E-state index >= 15 is 0 Å². The Bertz CT molecular complexity index is 503. The van der Waals surface area contributed by atoms with E-state index in [1.807, 2.05) is 23.1 Å². The van der Waals surface area contributed by atoms with Crippen molar-refractivity contribution in [3.63, 3.8) is 0 Å². The molecular weight excluding hydrogens is 282 g/mol. The quantitative estimate of drug-likeness (QED) is 0.748. The van der Waals surface area contributed by atoms with Gasteiger partial charge in [-0.3, -0.25) is 9.69 Å². The Morgan fingerprint density at radius 3 is 2.91 bits per heavy atom. The van der Waals surface area contributed by atoms with Crippen molar-refractivity contribution in [1.29, 1.82) is 0 Å². The minimum atomic E-state index is -0.732. The lowest BCUT2D eigenvalue weighted by atomic mass is 10.1. The third kappa shape index (κ3) is 4.13. The second-order valence-electron chi connectivity index (χ2n) is 5.65. The largest absolute Gasteiger partial charge is 0.493 e. The molecule has 0 radical (unpaired) electrons. The van der Waals surface area contributed by atoms with Crippen LogP contribution in [-0.2, 0) is 11.3 Å². The Morgan fingerprint density at radius 1 is 1.41 bits per heavy atom. The monoisotopic (exact) mass is 307 g/mol. The first kappa shape index (κ1) is 16.6. The first-order valence-electron chi connectivity index (χ1n) is 7.92. The highest BCUT2D eigenvalue weighted by atomic mass is 16.5. The molecule has 0 bridgehead atoms. The van der Waals surface area contributed by atoms with Crippen LogP contribution in [0.2, 0.25) is 0 Å². The summed E-state index contributed by atoms with van der Waals surface area (Å²) in [6, 6.07) is 5.47. The number of aliphatic carboxylic acids is 1. The van der Waals surface area contributed by atoms with E-state index in [2.05, 4.69) is 6.92 Å². The predicted octanol–water partition coefficient (Wildman–Crippen LogP) is 2.92. The summed E-state index contributed by atoms with van der Waals surface area (Å²) in [6.07, 6.45) is 3.77. The molecule has 1 saturated heterocycles. The zero-order chi connectivity index (χ0) is 15.9. The van der Waals surface area contributed by atoms with Gasteiger partial charge in [0.05, 0.1) is 13.7 Å². The Balaban J connectivity index is 2.04. The zero-order valence-corrected chi connectivity index (χ0v) is 13.4. The second kappa shape index (κ2) is 8.03. The molecule has 5 nitrogen and oxygen atoms in total. The molecule has 1 heterocycles. The number of carboxylic acid groups (broad SMARTS) is 1. The molecule has 1 unspecified atom stereocenters. The molecule has 1 aliphatic rings.